The monoisotopic (exact) mass is 320 g/mol. The second kappa shape index (κ2) is 4.97. The number of alkyl halides is 1. The van der Waals surface area contributed by atoms with Gasteiger partial charge in [-0.1, -0.05) is 46.3 Å². The second-order valence-electron chi connectivity index (χ2n) is 4.87. The summed E-state index contributed by atoms with van der Waals surface area (Å²) in [5.41, 5.74) is 2.98. The van der Waals surface area contributed by atoms with Crippen LogP contribution in [0, 0.1) is 12.7 Å². The maximum Gasteiger partial charge on any atom is 0.126 e. The van der Waals surface area contributed by atoms with E-state index >= 15 is 0 Å². The number of hydrogen-bond donors (Lipinski definition) is 0. The van der Waals surface area contributed by atoms with Crippen molar-refractivity contribution in [3.8, 4) is 5.75 Å². The highest BCUT2D eigenvalue weighted by Gasteiger charge is 2.30. The van der Waals surface area contributed by atoms with Crippen LogP contribution in [0.3, 0.4) is 0 Å². The fraction of sp³-hybridized carbons (Fsp3) is 0.250. The number of aryl methyl sites for hydroxylation is 1. The minimum atomic E-state index is -0.161. The van der Waals surface area contributed by atoms with E-state index < -0.39 is 0 Å². The Labute approximate surface area is 120 Å². The molecule has 0 aromatic heterocycles. The molecule has 0 bridgehead atoms. The first-order valence-electron chi connectivity index (χ1n) is 6.28. The van der Waals surface area contributed by atoms with E-state index in [-0.39, 0.29) is 16.6 Å². The molecule has 1 aliphatic heterocycles. The van der Waals surface area contributed by atoms with Crippen molar-refractivity contribution < 1.29 is 9.13 Å². The second-order valence-corrected chi connectivity index (χ2v) is 5.85. The Hall–Kier alpha value is -1.35. The lowest BCUT2D eigenvalue weighted by Crippen LogP contribution is -2.08. The number of ether oxygens (including phenoxy) is 1. The first-order valence-corrected chi connectivity index (χ1v) is 7.20. The summed E-state index contributed by atoms with van der Waals surface area (Å²) in [5.74, 6) is 1.06. The van der Waals surface area contributed by atoms with Gasteiger partial charge < -0.3 is 4.74 Å². The standard InChI is InChI=1S/C16H14BrFO/c1-10-8-11(6-7-14(10)18)16(17)13-9-19-15-5-3-2-4-12(13)15/h2-8,13,16H,9H2,1H3. The van der Waals surface area contributed by atoms with Gasteiger partial charge in [0.05, 0.1) is 6.61 Å². The van der Waals surface area contributed by atoms with Crippen LogP contribution >= 0.6 is 15.9 Å². The molecule has 3 rings (SSSR count). The third kappa shape index (κ3) is 2.27. The number of fused-ring (bicyclic) bond motifs is 1. The van der Waals surface area contributed by atoms with Crippen molar-refractivity contribution in [3.05, 3.63) is 65.0 Å². The SMILES string of the molecule is Cc1cc(C(Br)C2COc3ccccc32)ccc1F. The summed E-state index contributed by atoms with van der Waals surface area (Å²) in [7, 11) is 0. The van der Waals surface area contributed by atoms with Crippen LogP contribution in [0.5, 0.6) is 5.75 Å². The molecule has 0 aliphatic carbocycles. The first kappa shape index (κ1) is 12.7. The number of benzene rings is 2. The zero-order valence-corrected chi connectivity index (χ0v) is 12.2. The topological polar surface area (TPSA) is 9.23 Å². The highest BCUT2D eigenvalue weighted by molar-refractivity contribution is 9.09. The molecule has 1 nitrogen and oxygen atoms in total. The van der Waals surface area contributed by atoms with Crippen LogP contribution in [-0.4, -0.2) is 6.61 Å². The number of hydrogen-bond acceptors (Lipinski definition) is 1. The molecule has 2 aromatic rings. The van der Waals surface area contributed by atoms with Gasteiger partial charge in [-0.3, -0.25) is 0 Å². The third-order valence-electron chi connectivity index (χ3n) is 3.59. The van der Waals surface area contributed by atoms with Crippen molar-refractivity contribution in [1.82, 2.24) is 0 Å². The van der Waals surface area contributed by atoms with Gasteiger partial charge in [-0.15, -0.1) is 0 Å². The van der Waals surface area contributed by atoms with Gasteiger partial charge in [0.15, 0.2) is 0 Å². The summed E-state index contributed by atoms with van der Waals surface area (Å²) < 4.78 is 19.0. The largest absolute Gasteiger partial charge is 0.493 e. The maximum absolute atomic E-state index is 13.3. The Morgan fingerprint density at radius 1 is 1.26 bits per heavy atom. The van der Waals surface area contributed by atoms with Crippen LogP contribution < -0.4 is 4.74 Å². The van der Waals surface area contributed by atoms with E-state index in [1.807, 2.05) is 30.3 Å². The number of rotatable bonds is 2. The van der Waals surface area contributed by atoms with Crippen LogP contribution in [-0.2, 0) is 0 Å². The van der Waals surface area contributed by atoms with Crippen molar-refractivity contribution in [2.24, 2.45) is 0 Å². The van der Waals surface area contributed by atoms with Gasteiger partial charge in [0, 0.05) is 16.3 Å². The fourth-order valence-corrected chi connectivity index (χ4v) is 3.22. The maximum atomic E-state index is 13.3. The average molecular weight is 321 g/mol. The predicted molar refractivity (Wildman–Crippen MR) is 77.5 cm³/mol. The van der Waals surface area contributed by atoms with Crippen LogP contribution in [0.2, 0.25) is 0 Å². The molecule has 2 unspecified atom stereocenters. The Morgan fingerprint density at radius 3 is 2.84 bits per heavy atom. The van der Waals surface area contributed by atoms with Crippen LogP contribution in [0.4, 0.5) is 4.39 Å². The van der Waals surface area contributed by atoms with E-state index in [1.165, 1.54) is 11.6 Å². The van der Waals surface area contributed by atoms with E-state index in [9.17, 15) is 4.39 Å². The molecule has 19 heavy (non-hydrogen) atoms. The molecular weight excluding hydrogens is 307 g/mol. The number of halogens is 2. The van der Waals surface area contributed by atoms with Gasteiger partial charge in [0.2, 0.25) is 0 Å². The zero-order chi connectivity index (χ0) is 13.4. The average Bonchev–Trinajstić information content (AvgIpc) is 2.85. The molecule has 0 saturated carbocycles. The summed E-state index contributed by atoms with van der Waals surface area (Å²) in [6.07, 6.45) is 0. The van der Waals surface area contributed by atoms with Gasteiger partial charge in [-0.05, 0) is 30.2 Å². The highest BCUT2D eigenvalue weighted by atomic mass is 79.9. The molecule has 3 heteroatoms. The van der Waals surface area contributed by atoms with Gasteiger partial charge in [0.1, 0.15) is 11.6 Å². The zero-order valence-electron chi connectivity index (χ0n) is 10.6. The Kier molecular flexibility index (Phi) is 3.31. The Bertz CT molecular complexity index is 611. The Balaban J connectivity index is 1.93. The van der Waals surface area contributed by atoms with Crippen LogP contribution in [0.25, 0.3) is 0 Å². The molecule has 0 radical (unpaired) electrons. The first-order chi connectivity index (χ1) is 9.16. The Morgan fingerprint density at radius 2 is 2.05 bits per heavy atom. The molecule has 1 aliphatic rings. The fourth-order valence-electron chi connectivity index (χ4n) is 2.50. The van der Waals surface area contributed by atoms with Gasteiger partial charge in [-0.2, -0.15) is 0 Å². The van der Waals surface area contributed by atoms with E-state index in [1.54, 1.807) is 6.92 Å². The summed E-state index contributed by atoms with van der Waals surface area (Å²) in [4.78, 5) is 0.135. The third-order valence-corrected chi connectivity index (χ3v) is 4.76. The molecule has 0 N–H and O–H groups in total. The molecule has 0 amide bonds. The minimum Gasteiger partial charge on any atom is -0.493 e. The lowest BCUT2D eigenvalue weighted by Gasteiger charge is -2.17. The molecule has 2 aromatic carbocycles. The van der Waals surface area contributed by atoms with Crippen molar-refractivity contribution in [2.45, 2.75) is 17.7 Å². The van der Waals surface area contributed by atoms with Crippen molar-refractivity contribution in [1.29, 1.82) is 0 Å². The molecular formula is C16H14BrFO. The predicted octanol–water partition coefficient (Wildman–Crippen LogP) is 4.75. The van der Waals surface area contributed by atoms with E-state index in [2.05, 4.69) is 22.0 Å². The van der Waals surface area contributed by atoms with Crippen LogP contribution in [0.1, 0.15) is 27.4 Å². The molecule has 2 atom stereocenters. The van der Waals surface area contributed by atoms with E-state index in [0.717, 1.165) is 11.3 Å². The normalized spacial score (nSPS) is 18.8. The van der Waals surface area contributed by atoms with E-state index in [0.29, 0.717) is 12.2 Å². The quantitative estimate of drug-likeness (QED) is 0.726. The summed E-state index contributed by atoms with van der Waals surface area (Å²) in [6.45, 7) is 2.45. The van der Waals surface area contributed by atoms with Crippen LogP contribution in [0.15, 0.2) is 42.5 Å². The summed E-state index contributed by atoms with van der Waals surface area (Å²) in [5, 5.41) is 0. The van der Waals surface area contributed by atoms with Gasteiger partial charge >= 0.3 is 0 Å². The summed E-state index contributed by atoms with van der Waals surface area (Å²) in [6, 6.07) is 13.4. The summed E-state index contributed by atoms with van der Waals surface area (Å²) >= 11 is 3.74. The van der Waals surface area contributed by atoms with E-state index in [4.69, 9.17) is 4.74 Å². The van der Waals surface area contributed by atoms with Gasteiger partial charge in [-0.25, -0.2) is 4.39 Å². The molecule has 98 valence electrons. The molecule has 0 fully saturated rings. The van der Waals surface area contributed by atoms with Crippen molar-refractivity contribution in [3.63, 3.8) is 0 Å². The molecule has 0 spiro atoms. The number of para-hydroxylation sites is 1. The smallest absolute Gasteiger partial charge is 0.126 e. The van der Waals surface area contributed by atoms with Crippen molar-refractivity contribution >= 4 is 15.9 Å². The van der Waals surface area contributed by atoms with Gasteiger partial charge in [0.25, 0.3) is 0 Å². The van der Waals surface area contributed by atoms with Crippen molar-refractivity contribution in [2.75, 3.05) is 6.61 Å². The lowest BCUT2D eigenvalue weighted by atomic mass is 9.93. The minimum absolute atomic E-state index is 0.135. The molecule has 0 saturated heterocycles. The molecule has 1 heterocycles. The highest BCUT2D eigenvalue weighted by Crippen LogP contribution is 2.45. The lowest BCUT2D eigenvalue weighted by molar-refractivity contribution is 0.329.